The van der Waals surface area contributed by atoms with Gasteiger partial charge < -0.3 is 10.2 Å². The van der Waals surface area contributed by atoms with Crippen LogP contribution in [-0.4, -0.2) is 41.0 Å². The van der Waals surface area contributed by atoms with Gasteiger partial charge in [-0.3, -0.25) is 4.79 Å². The molecule has 2 rings (SSSR count). The fourth-order valence-corrected chi connectivity index (χ4v) is 2.48. The average molecular weight is 272 g/mol. The van der Waals surface area contributed by atoms with Gasteiger partial charge in [-0.15, -0.1) is 0 Å². The number of amides is 1. The van der Waals surface area contributed by atoms with Crippen LogP contribution in [0.1, 0.15) is 42.7 Å². The molecule has 0 radical (unpaired) electrons. The van der Waals surface area contributed by atoms with Gasteiger partial charge in [-0.25, -0.2) is 4.98 Å². The number of nitrogens with one attached hydrogen (secondary N) is 1. The summed E-state index contributed by atoms with van der Waals surface area (Å²) in [5.41, 5.74) is 0.888. The van der Waals surface area contributed by atoms with E-state index in [4.69, 9.17) is 5.26 Å². The maximum atomic E-state index is 12.6. The number of aromatic nitrogens is 1. The van der Waals surface area contributed by atoms with Crippen LogP contribution in [0.25, 0.3) is 0 Å². The molecule has 5 heteroatoms. The van der Waals surface area contributed by atoms with Gasteiger partial charge in [-0.2, -0.15) is 5.26 Å². The van der Waals surface area contributed by atoms with E-state index in [2.05, 4.69) is 24.1 Å². The van der Waals surface area contributed by atoms with Crippen molar-refractivity contribution in [2.45, 2.75) is 38.8 Å². The van der Waals surface area contributed by atoms with Crippen molar-refractivity contribution in [1.29, 1.82) is 5.26 Å². The van der Waals surface area contributed by atoms with Gasteiger partial charge in [0.2, 0.25) is 0 Å². The minimum absolute atomic E-state index is 0.0405. The SMILES string of the molecule is CCC1CN(C(=O)c2ccc(C#N)cn2)C(CC)CN1. The normalized spacial score (nSPS) is 22.4. The number of nitriles is 1. The van der Waals surface area contributed by atoms with Gasteiger partial charge in [0.05, 0.1) is 5.56 Å². The first-order valence-corrected chi connectivity index (χ1v) is 7.10. The van der Waals surface area contributed by atoms with Crippen molar-refractivity contribution in [2.75, 3.05) is 13.1 Å². The maximum Gasteiger partial charge on any atom is 0.272 e. The zero-order valence-electron chi connectivity index (χ0n) is 12.0. The number of pyridine rings is 1. The summed E-state index contributed by atoms with van der Waals surface area (Å²) >= 11 is 0. The number of hydrogen-bond donors (Lipinski definition) is 1. The smallest absolute Gasteiger partial charge is 0.272 e. The average Bonchev–Trinajstić information content (AvgIpc) is 2.53. The van der Waals surface area contributed by atoms with Crippen molar-refractivity contribution in [2.24, 2.45) is 0 Å². The van der Waals surface area contributed by atoms with Crippen molar-refractivity contribution in [3.05, 3.63) is 29.6 Å². The predicted octanol–water partition coefficient (Wildman–Crippen LogP) is 1.56. The summed E-state index contributed by atoms with van der Waals surface area (Å²) in [5.74, 6) is -0.0405. The Kier molecular flexibility index (Phi) is 4.70. The lowest BCUT2D eigenvalue weighted by Crippen LogP contribution is -2.58. The van der Waals surface area contributed by atoms with Crippen LogP contribution in [0.4, 0.5) is 0 Å². The maximum absolute atomic E-state index is 12.6. The molecule has 1 N–H and O–H groups in total. The van der Waals surface area contributed by atoms with Gasteiger partial charge in [0.25, 0.3) is 5.91 Å². The molecule has 2 atom stereocenters. The minimum Gasteiger partial charge on any atom is -0.332 e. The number of carbonyl (C=O) groups excluding carboxylic acids is 1. The molecule has 1 aromatic rings. The highest BCUT2D eigenvalue weighted by atomic mass is 16.2. The van der Waals surface area contributed by atoms with Crippen LogP contribution in [-0.2, 0) is 0 Å². The molecule has 0 aliphatic carbocycles. The van der Waals surface area contributed by atoms with Gasteiger partial charge in [0.1, 0.15) is 11.8 Å². The molecular weight excluding hydrogens is 252 g/mol. The number of hydrogen-bond acceptors (Lipinski definition) is 4. The molecule has 2 heterocycles. The molecule has 106 valence electrons. The van der Waals surface area contributed by atoms with Crippen molar-refractivity contribution in [3.63, 3.8) is 0 Å². The summed E-state index contributed by atoms with van der Waals surface area (Å²) in [6, 6.07) is 5.84. The monoisotopic (exact) mass is 272 g/mol. The molecule has 0 saturated carbocycles. The Morgan fingerprint density at radius 3 is 2.85 bits per heavy atom. The van der Waals surface area contributed by atoms with Crippen LogP contribution in [0.3, 0.4) is 0 Å². The van der Waals surface area contributed by atoms with Crippen molar-refractivity contribution in [3.8, 4) is 6.07 Å². The van der Waals surface area contributed by atoms with Crippen LogP contribution >= 0.6 is 0 Å². The van der Waals surface area contributed by atoms with E-state index in [0.717, 1.165) is 25.9 Å². The fraction of sp³-hybridized carbons (Fsp3) is 0.533. The second kappa shape index (κ2) is 6.49. The Balaban J connectivity index is 2.17. The van der Waals surface area contributed by atoms with E-state index >= 15 is 0 Å². The topological polar surface area (TPSA) is 69.0 Å². The third kappa shape index (κ3) is 2.97. The van der Waals surface area contributed by atoms with Crippen LogP contribution in [0, 0.1) is 11.3 Å². The first-order chi connectivity index (χ1) is 9.69. The Bertz CT molecular complexity index is 506. The van der Waals surface area contributed by atoms with E-state index in [1.165, 1.54) is 6.20 Å². The Labute approximate surface area is 119 Å². The molecule has 1 aliphatic heterocycles. The molecule has 1 fully saturated rings. The van der Waals surface area contributed by atoms with E-state index in [1.54, 1.807) is 12.1 Å². The third-order valence-corrected chi connectivity index (χ3v) is 3.84. The third-order valence-electron chi connectivity index (χ3n) is 3.84. The van der Waals surface area contributed by atoms with Gasteiger partial charge >= 0.3 is 0 Å². The highest BCUT2D eigenvalue weighted by molar-refractivity contribution is 5.92. The van der Waals surface area contributed by atoms with Crippen molar-refractivity contribution < 1.29 is 4.79 Å². The fourth-order valence-electron chi connectivity index (χ4n) is 2.48. The lowest BCUT2D eigenvalue weighted by Gasteiger charge is -2.39. The second-order valence-electron chi connectivity index (χ2n) is 5.08. The number of rotatable bonds is 3. The first-order valence-electron chi connectivity index (χ1n) is 7.10. The highest BCUT2D eigenvalue weighted by Gasteiger charge is 2.30. The summed E-state index contributed by atoms with van der Waals surface area (Å²) < 4.78 is 0. The summed E-state index contributed by atoms with van der Waals surface area (Å²) in [5, 5.41) is 12.2. The molecule has 5 nitrogen and oxygen atoms in total. The molecule has 1 saturated heterocycles. The Morgan fingerprint density at radius 2 is 2.30 bits per heavy atom. The Morgan fingerprint density at radius 1 is 1.50 bits per heavy atom. The molecule has 0 aromatic carbocycles. The lowest BCUT2D eigenvalue weighted by atomic mass is 10.0. The van der Waals surface area contributed by atoms with E-state index in [9.17, 15) is 4.79 Å². The number of piperazine rings is 1. The minimum atomic E-state index is -0.0405. The second-order valence-corrected chi connectivity index (χ2v) is 5.08. The van der Waals surface area contributed by atoms with E-state index in [1.807, 2.05) is 11.0 Å². The Hall–Kier alpha value is -1.93. The number of carbonyl (C=O) groups is 1. The van der Waals surface area contributed by atoms with E-state index in [-0.39, 0.29) is 11.9 Å². The van der Waals surface area contributed by atoms with Crippen LogP contribution in [0.5, 0.6) is 0 Å². The summed E-state index contributed by atoms with van der Waals surface area (Å²) in [7, 11) is 0. The zero-order chi connectivity index (χ0) is 14.5. The van der Waals surface area contributed by atoms with Gasteiger partial charge in [-0.1, -0.05) is 13.8 Å². The first kappa shape index (κ1) is 14.5. The largest absolute Gasteiger partial charge is 0.332 e. The summed E-state index contributed by atoms with van der Waals surface area (Å²) in [6.07, 6.45) is 3.38. The standard InChI is InChI=1S/C15H20N4O/c1-3-12-10-19(13(4-2)9-17-12)15(20)14-6-5-11(7-16)8-18-14/h5-6,8,12-13,17H,3-4,9-10H2,1-2H3. The summed E-state index contributed by atoms with van der Waals surface area (Å²) in [4.78, 5) is 18.6. The lowest BCUT2D eigenvalue weighted by molar-refractivity contribution is 0.0570. The van der Waals surface area contributed by atoms with Gasteiger partial charge in [-0.05, 0) is 25.0 Å². The molecular formula is C15H20N4O. The molecule has 0 spiro atoms. The van der Waals surface area contributed by atoms with Crippen molar-refractivity contribution in [1.82, 2.24) is 15.2 Å². The predicted molar refractivity (Wildman–Crippen MR) is 76.1 cm³/mol. The van der Waals surface area contributed by atoms with Gasteiger partial charge in [0, 0.05) is 31.4 Å². The highest BCUT2D eigenvalue weighted by Crippen LogP contribution is 2.15. The molecule has 2 unspecified atom stereocenters. The molecule has 1 aromatic heterocycles. The van der Waals surface area contributed by atoms with Crippen LogP contribution < -0.4 is 5.32 Å². The molecule has 1 aliphatic rings. The zero-order valence-corrected chi connectivity index (χ0v) is 12.0. The van der Waals surface area contributed by atoms with Crippen LogP contribution in [0.15, 0.2) is 18.3 Å². The van der Waals surface area contributed by atoms with Gasteiger partial charge in [0.15, 0.2) is 0 Å². The van der Waals surface area contributed by atoms with E-state index in [0.29, 0.717) is 17.3 Å². The molecule has 0 bridgehead atoms. The van der Waals surface area contributed by atoms with Crippen LogP contribution in [0.2, 0.25) is 0 Å². The van der Waals surface area contributed by atoms with E-state index < -0.39 is 0 Å². The summed E-state index contributed by atoms with van der Waals surface area (Å²) in [6.45, 7) is 5.75. The molecule has 1 amide bonds. The number of nitrogens with zero attached hydrogens (tertiary/aromatic N) is 3. The quantitative estimate of drug-likeness (QED) is 0.906. The molecule has 20 heavy (non-hydrogen) atoms. The van der Waals surface area contributed by atoms with Crippen molar-refractivity contribution >= 4 is 5.91 Å².